The monoisotopic (exact) mass is 278 g/mol. The first kappa shape index (κ1) is 11.5. The van der Waals surface area contributed by atoms with Gasteiger partial charge in [-0.25, -0.2) is 9.97 Å². The molecule has 0 fully saturated rings. The maximum Gasteiger partial charge on any atom is 0.201 e. The molecule has 92 valence electrons. The molecule has 2 aromatic heterocycles. The number of nitrogens with two attached hydrogens (primary N) is 1. The largest absolute Gasteiger partial charge is 0.369 e. The van der Waals surface area contributed by atoms with Crippen molar-refractivity contribution in [1.29, 1.82) is 0 Å². The van der Waals surface area contributed by atoms with Crippen LogP contribution < -0.4 is 5.73 Å². The zero-order chi connectivity index (χ0) is 12.7. The Bertz CT molecular complexity index is 716. The Morgan fingerprint density at radius 1 is 1.44 bits per heavy atom. The van der Waals surface area contributed by atoms with E-state index >= 15 is 0 Å². The molecule has 3 rings (SSSR count). The maximum atomic E-state index is 6.02. The Balaban J connectivity index is 2.10. The lowest BCUT2D eigenvalue weighted by Gasteiger charge is -2.04. The minimum absolute atomic E-state index is 0.498. The van der Waals surface area contributed by atoms with Crippen molar-refractivity contribution in [3.8, 4) is 0 Å². The molecular weight excluding hydrogens is 268 g/mol. The molecule has 0 bridgehead atoms. The molecule has 18 heavy (non-hydrogen) atoms. The molecule has 0 aliphatic heterocycles. The molecule has 1 aromatic carbocycles. The molecule has 0 aliphatic rings. The van der Waals surface area contributed by atoms with Crippen LogP contribution in [0.5, 0.6) is 0 Å². The Hall–Kier alpha value is -1.59. The fraction of sp³-hybridized carbons (Fsp3) is 0.167. The molecule has 0 spiro atoms. The van der Waals surface area contributed by atoms with E-state index in [9.17, 15) is 0 Å². The fourth-order valence-corrected chi connectivity index (χ4v) is 2.87. The van der Waals surface area contributed by atoms with Gasteiger partial charge in [0.25, 0.3) is 0 Å². The quantitative estimate of drug-likeness (QED) is 0.784. The van der Waals surface area contributed by atoms with Crippen molar-refractivity contribution in [2.75, 3.05) is 5.73 Å². The number of aryl methyl sites for hydroxylation is 1. The van der Waals surface area contributed by atoms with Crippen LogP contribution in [0.2, 0.25) is 5.02 Å². The van der Waals surface area contributed by atoms with Crippen molar-refractivity contribution >= 4 is 39.9 Å². The molecule has 0 saturated heterocycles. The summed E-state index contributed by atoms with van der Waals surface area (Å²) in [6.07, 6.45) is 1.87. The van der Waals surface area contributed by atoms with Gasteiger partial charge < -0.3 is 10.3 Å². The van der Waals surface area contributed by atoms with Gasteiger partial charge in [-0.15, -0.1) is 11.3 Å². The van der Waals surface area contributed by atoms with E-state index in [1.165, 1.54) is 0 Å². The molecule has 3 aromatic rings. The van der Waals surface area contributed by atoms with E-state index < -0.39 is 0 Å². The molecular formula is C12H11ClN4S. The van der Waals surface area contributed by atoms with Gasteiger partial charge >= 0.3 is 0 Å². The normalized spacial score (nSPS) is 11.2. The van der Waals surface area contributed by atoms with Gasteiger partial charge in [-0.2, -0.15) is 0 Å². The van der Waals surface area contributed by atoms with Crippen molar-refractivity contribution in [2.24, 2.45) is 0 Å². The number of thiazole rings is 1. The van der Waals surface area contributed by atoms with Crippen LogP contribution in [-0.4, -0.2) is 14.5 Å². The highest BCUT2D eigenvalue weighted by Gasteiger charge is 2.10. The third kappa shape index (κ3) is 1.95. The van der Waals surface area contributed by atoms with E-state index in [0.29, 0.717) is 17.5 Å². The van der Waals surface area contributed by atoms with Gasteiger partial charge in [0.2, 0.25) is 5.95 Å². The number of hydrogen-bond acceptors (Lipinski definition) is 4. The van der Waals surface area contributed by atoms with E-state index in [2.05, 4.69) is 9.97 Å². The standard InChI is InChI=1S/C12H11ClN4S/c1-7-15-5-9(18-7)6-17-11-4-8(13)2-3-10(11)16-12(17)14/h2-5H,6H2,1H3,(H2,14,16). The lowest BCUT2D eigenvalue weighted by Crippen LogP contribution is -2.03. The van der Waals surface area contributed by atoms with Crippen LogP contribution >= 0.6 is 22.9 Å². The van der Waals surface area contributed by atoms with Crippen molar-refractivity contribution in [3.05, 3.63) is 39.3 Å². The van der Waals surface area contributed by atoms with E-state index in [-0.39, 0.29) is 0 Å². The molecule has 2 heterocycles. The van der Waals surface area contributed by atoms with Gasteiger partial charge in [0, 0.05) is 16.1 Å². The molecule has 0 aliphatic carbocycles. The van der Waals surface area contributed by atoms with Gasteiger partial charge in [-0.05, 0) is 25.1 Å². The van der Waals surface area contributed by atoms with E-state index in [1.54, 1.807) is 11.3 Å². The molecule has 0 saturated carbocycles. The summed E-state index contributed by atoms with van der Waals surface area (Å²) in [4.78, 5) is 9.72. The number of nitrogens with zero attached hydrogens (tertiary/aromatic N) is 3. The topological polar surface area (TPSA) is 56.7 Å². The lowest BCUT2D eigenvalue weighted by molar-refractivity contribution is 0.850. The lowest BCUT2D eigenvalue weighted by atomic mass is 10.3. The second-order valence-corrected chi connectivity index (χ2v) is 5.79. The Morgan fingerprint density at radius 2 is 2.28 bits per heavy atom. The first-order valence-electron chi connectivity index (χ1n) is 5.46. The SMILES string of the molecule is Cc1ncc(Cn2c(N)nc3ccc(Cl)cc32)s1. The predicted molar refractivity (Wildman–Crippen MR) is 75.1 cm³/mol. The van der Waals surface area contributed by atoms with Crippen LogP contribution in [0.15, 0.2) is 24.4 Å². The van der Waals surface area contributed by atoms with Crippen molar-refractivity contribution in [2.45, 2.75) is 13.5 Å². The average molecular weight is 279 g/mol. The molecule has 2 N–H and O–H groups in total. The number of imidazole rings is 1. The average Bonchev–Trinajstić information content (AvgIpc) is 2.86. The molecule has 4 nitrogen and oxygen atoms in total. The number of rotatable bonds is 2. The third-order valence-electron chi connectivity index (χ3n) is 2.72. The Labute approximate surface area is 113 Å². The fourth-order valence-electron chi connectivity index (χ4n) is 1.91. The summed E-state index contributed by atoms with van der Waals surface area (Å²) < 4.78 is 1.95. The van der Waals surface area contributed by atoms with Crippen LogP contribution in [0, 0.1) is 6.92 Å². The number of halogens is 1. The van der Waals surface area contributed by atoms with Crippen LogP contribution in [0.1, 0.15) is 9.88 Å². The maximum absolute atomic E-state index is 6.02. The second-order valence-electron chi connectivity index (χ2n) is 4.03. The van der Waals surface area contributed by atoms with E-state index in [4.69, 9.17) is 17.3 Å². The van der Waals surface area contributed by atoms with Gasteiger partial charge in [-0.1, -0.05) is 11.6 Å². The number of anilines is 1. The summed E-state index contributed by atoms with van der Waals surface area (Å²) in [6, 6.07) is 5.58. The van der Waals surface area contributed by atoms with Crippen LogP contribution in [0.25, 0.3) is 11.0 Å². The van der Waals surface area contributed by atoms with Gasteiger partial charge in [0.05, 0.1) is 22.6 Å². The first-order chi connectivity index (χ1) is 8.63. The van der Waals surface area contributed by atoms with E-state index in [1.807, 2.05) is 35.9 Å². The summed E-state index contributed by atoms with van der Waals surface area (Å²) in [7, 11) is 0. The van der Waals surface area contributed by atoms with Crippen molar-refractivity contribution in [1.82, 2.24) is 14.5 Å². The smallest absolute Gasteiger partial charge is 0.201 e. The van der Waals surface area contributed by atoms with Crippen LogP contribution in [-0.2, 0) is 6.54 Å². The van der Waals surface area contributed by atoms with Crippen molar-refractivity contribution in [3.63, 3.8) is 0 Å². The number of nitrogen functional groups attached to an aromatic ring is 1. The minimum Gasteiger partial charge on any atom is -0.369 e. The number of hydrogen-bond donors (Lipinski definition) is 1. The molecule has 6 heteroatoms. The first-order valence-corrected chi connectivity index (χ1v) is 6.65. The van der Waals surface area contributed by atoms with Crippen LogP contribution in [0.4, 0.5) is 5.95 Å². The highest BCUT2D eigenvalue weighted by atomic mass is 35.5. The molecule has 0 radical (unpaired) electrons. The Morgan fingerprint density at radius 3 is 3.00 bits per heavy atom. The third-order valence-corrected chi connectivity index (χ3v) is 3.86. The predicted octanol–water partition coefficient (Wildman–Crippen LogP) is 3.09. The van der Waals surface area contributed by atoms with E-state index in [0.717, 1.165) is 20.9 Å². The second kappa shape index (κ2) is 4.26. The molecule has 0 unspecified atom stereocenters. The molecule has 0 atom stereocenters. The van der Waals surface area contributed by atoms with Crippen molar-refractivity contribution < 1.29 is 0 Å². The zero-order valence-corrected chi connectivity index (χ0v) is 11.3. The summed E-state index contributed by atoms with van der Waals surface area (Å²) in [5.41, 5.74) is 7.76. The van der Waals surface area contributed by atoms with Gasteiger partial charge in [-0.3, -0.25) is 0 Å². The van der Waals surface area contributed by atoms with Gasteiger partial charge in [0.15, 0.2) is 0 Å². The van der Waals surface area contributed by atoms with Gasteiger partial charge in [0.1, 0.15) is 0 Å². The Kier molecular flexibility index (Phi) is 2.72. The highest BCUT2D eigenvalue weighted by Crippen LogP contribution is 2.24. The summed E-state index contributed by atoms with van der Waals surface area (Å²) in [6.45, 7) is 2.66. The summed E-state index contributed by atoms with van der Waals surface area (Å²) in [5.74, 6) is 0.498. The minimum atomic E-state index is 0.498. The number of aromatic nitrogens is 3. The summed E-state index contributed by atoms with van der Waals surface area (Å²) in [5, 5.41) is 1.73. The summed E-state index contributed by atoms with van der Waals surface area (Å²) >= 11 is 7.67. The highest BCUT2D eigenvalue weighted by molar-refractivity contribution is 7.11. The van der Waals surface area contributed by atoms with Crippen LogP contribution in [0.3, 0.4) is 0 Å². The molecule has 0 amide bonds. The zero-order valence-electron chi connectivity index (χ0n) is 9.72. The number of fused-ring (bicyclic) bond motifs is 1. The number of benzene rings is 1.